The molecule has 1 fully saturated rings. The van der Waals surface area contributed by atoms with Crippen LogP contribution in [0, 0.1) is 16.0 Å². The number of carbonyl (C=O) groups is 1. The molecule has 20 heavy (non-hydrogen) atoms. The number of esters is 1. The molecule has 0 spiro atoms. The van der Waals surface area contributed by atoms with Crippen LogP contribution in [0.2, 0.25) is 0 Å². The third kappa shape index (κ3) is 3.06. The van der Waals surface area contributed by atoms with Crippen molar-refractivity contribution in [3.05, 3.63) is 26.9 Å². The summed E-state index contributed by atoms with van der Waals surface area (Å²) in [5.74, 6) is 0.410. The lowest BCUT2D eigenvalue weighted by molar-refractivity contribution is -0.385. The molecule has 7 nitrogen and oxygen atoms in total. The Morgan fingerprint density at radius 2 is 2.20 bits per heavy atom. The molecule has 2 rings (SSSR count). The highest BCUT2D eigenvalue weighted by molar-refractivity contribution is 9.10. The number of hydrogen-bond donors (Lipinski definition) is 0. The first-order valence-electron chi connectivity index (χ1n) is 6.15. The largest absolute Gasteiger partial charge is 0.469 e. The fraction of sp³-hybridized carbons (Fsp3) is 0.500. The number of hydrogen-bond acceptors (Lipinski definition) is 6. The van der Waals surface area contributed by atoms with Crippen molar-refractivity contribution in [1.29, 1.82) is 0 Å². The van der Waals surface area contributed by atoms with Crippen molar-refractivity contribution >= 4 is 33.4 Å². The number of halogens is 1. The predicted octanol–water partition coefficient (Wildman–Crippen LogP) is 2.14. The third-order valence-electron chi connectivity index (χ3n) is 3.35. The molecule has 1 aromatic rings. The molecule has 1 aliphatic rings. The van der Waals surface area contributed by atoms with Gasteiger partial charge in [-0.2, -0.15) is 0 Å². The minimum atomic E-state index is -0.481. The van der Waals surface area contributed by atoms with Crippen LogP contribution >= 0.6 is 15.9 Å². The monoisotopic (exact) mass is 343 g/mol. The van der Waals surface area contributed by atoms with Crippen LogP contribution in [0.4, 0.5) is 11.5 Å². The molecule has 0 radical (unpaired) electrons. The van der Waals surface area contributed by atoms with E-state index >= 15 is 0 Å². The Bertz CT molecular complexity index is 529. The van der Waals surface area contributed by atoms with Gasteiger partial charge < -0.3 is 9.64 Å². The van der Waals surface area contributed by atoms with E-state index in [0.717, 1.165) is 0 Å². The summed E-state index contributed by atoms with van der Waals surface area (Å²) in [5, 5.41) is 10.7. The molecule has 1 aromatic heterocycles. The molecule has 8 heteroatoms. The SMILES string of the molecule is COC(=O)C1CCN(c2ncc([N+](=O)[O-])cc2Br)CC1. The maximum atomic E-state index is 11.5. The van der Waals surface area contributed by atoms with Crippen LogP contribution in [0.1, 0.15) is 12.8 Å². The molecule has 0 aromatic carbocycles. The van der Waals surface area contributed by atoms with Crippen molar-refractivity contribution in [2.75, 3.05) is 25.1 Å². The summed E-state index contributed by atoms with van der Waals surface area (Å²) in [6.07, 6.45) is 2.63. The Balaban J connectivity index is 2.07. The lowest BCUT2D eigenvalue weighted by Crippen LogP contribution is -2.37. The van der Waals surface area contributed by atoms with Gasteiger partial charge in [0.15, 0.2) is 0 Å². The molecule has 0 N–H and O–H groups in total. The predicted molar refractivity (Wildman–Crippen MR) is 75.5 cm³/mol. The number of methoxy groups -OCH3 is 1. The van der Waals surface area contributed by atoms with Crippen molar-refractivity contribution in [2.24, 2.45) is 5.92 Å². The van der Waals surface area contributed by atoms with Crippen molar-refractivity contribution < 1.29 is 14.5 Å². The zero-order valence-electron chi connectivity index (χ0n) is 10.9. The maximum Gasteiger partial charge on any atom is 0.308 e. The number of pyridine rings is 1. The fourth-order valence-electron chi connectivity index (χ4n) is 2.25. The van der Waals surface area contributed by atoms with E-state index in [-0.39, 0.29) is 17.6 Å². The lowest BCUT2D eigenvalue weighted by Gasteiger charge is -2.31. The molecule has 2 heterocycles. The Morgan fingerprint density at radius 3 is 2.70 bits per heavy atom. The number of carbonyl (C=O) groups excluding carboxylic acids is 1. The van der Waals surface area contributed by atoms with Gasteiger partial charge in [-0.05, 0) is 28.8 Å². The first kappa shape index (κ1) is 14.7. The third-order valence-corrected chi connectivity index (χ3v) is 3.93. The zero-order chi connectivity index (χ0) is 14.7. The van der Waals surface area contributed by atoms with E-state index in [1.54, 1.807) is 0 Å². The van der Waals surface area contributed by atoms with Crippen LogP contribution in [-0.4, -0.2) is 36.1 Å². The Hall–Kier alpha value is -1.70. The minimum absolute atomic E-state index is 0.0509. The Labute approximate surface area is 124 Å². The molecule has 0 atom stereocenters. The van der Waals surface area contributed by atoms with Crippen molar-refractivity contribution in [3.63, 3.8) is 0 Å². The first-order valence-corrected chi connectivity index (χ1v) is 6.95. The molecule has 0 unspecified atom stereocenters. The maximum absolute atomic E-state index is 11.5. The summed E-state index contributed by atoms with van der Waals surface area (Å²) >= 11 is 3.31. The highest BCUT2D eigenvalue weighted by Gasteiger charge is 2.27. The summed E-state index contributed by atoms with van der Waals surface area (Å²) in [6, 6.07) is 1.44. The van der Waals surface area contributed by atoms with Gasteiger partial charge in [-0.1, -0.05) is 0 Å². The number of nitro groups is 1. The quantitative estimate of drug-likeness (QED) is 0.474. The summed E-state index contributed by atoms with van der Waals surface area (Å²) in [4.78, 5) is 27.8. The topological polar surface area (TPSA) is 85.6 Å². The van der Waals surface area contributed by atoms with Crippen LogP contribution in [0.15, 0.2) is 16.7 Å². The van der Waals surface area contributed by atoms with Crippen LogP contribution < -0.4 is 4.90 Å². The number of anilines is 1. The fourth-order valence-corrected chi connectivity index (χ4v) is 2.83. The highest BCUT2D eigenvalue weighted by Crippen LogP contribution is 2.30. The molecule has 0 aliphatic carbocycles. The number of rotatable bonds is 3. The van der Waals surface area contributed by atoms with Gasteiger partial charge in [0.05, 0.1) is 22.4 Å². The lowest BCUT2D eigenvalue weighted by atomic mass is 9.97. The molecular formula is C12H14BrN3O4. The standard InChI is InChI=1S/C12H14BrN3O4/c1-20-12(17)8-2-4-15(5-3-8)11-10(13)6-9(7-14-11)16(18)19/h6-8H,2-5H2,1H3. The average molecular weight is 344 g/mol. The summed E-state index contributed by atoms with van der Waals surface area (Å²) in [7, 11) is 1.39. The van der Waals surface area contributed by atoms with E-state index in [2.05, 4.69) is 20.9 Å². The smallest absolute Gasteiger partial charge is 0.308 e. The van der Waals surface area contributed by atoms with Crippen molar-refractivity contribution in [1.82, 2.24) is 4.98 Å². The van der Waals surface area contributed by atoms with E-state index in [0.29, 0.717) is 36.2 Å². The van der Waals surface area contributed by atoms with Gasteiger partial charge in [-0.3, -0.25) is 14.9 Å². The van der Waals surface area contributed by atoms with Gasteiger partial charge in [0.1, 0.15) is 12.0 Å². The zero-order valence-corrected chi connectivity index (χ0v) is 12.5. The molecular weight excluding hydrogens is 330 g/mol. The highest BCUT2D eigenvalue weighted by atomic mass is 79.9. The van der Waals surface area contributed by atoms with Gasteiger partial charge in [0.25, 0.3) is 5.69 Å². The average Bonchev–Trinajstić information content (AvgIpc) is 2.46. The van der Waals surface area contributed by atoms with Crippen LogP contribution in [0.3, 0.4) is 0 Å². The Kier molecular flexibility index (Phi) is 4.53. The van der Waals surface area contributed by atoms with Crippen LogP contribution in [-0.2, 0) is 9.53 Å². The van der Waals surface area contributed by atoms with E-state index < -0.39 is 4.92 Å². The molecule has 0 bridgehead atoms. The summed E-state index contributed by atoms with van der Waals surface area (Å²) < 4.78 is 5.33. The van der Waals surface area contributed by atoms with E-state index in [9.17, 15) is 14.9 Å². The normalized spacial score (nSPS) is 16.0. The second-order valence-electron chi connectivity index (χ2n) is 4.54. The van der Waals surface area contributed by atoms with Gasteiger partial charge >= 0.3 is 5.97 Å². The molecule has 108 valence electrons. The van der Waals surface area contributed by atoms with E-state index in [1.807, 2.05) is 4.90 Å². The molecule has 0 saturated carbocycles. The first-order chi connectivity index (χ1) is 9.52. The van der Waals surface area contributed by atoms with Crippen molar-refractivity contribution in [3.8, 4) is 0 Å². The molecule has 1 saturated heterocycles. The van der Waals surface area contributed by atoms with Gasteiger partial charge in [0, 0.05) is 19.2 Å². The summed E-state index contributed by atoms with van der Waals surface area (Å²) in [6.45, 7) is 1.34. The second-order valence-corrected chi connectivity index (χ2v) is 5.39. The Morgan fingerprint density at radius 1 is 1.55 bits per heavy atom. The number of ether oxygens (including phenoxy) is 1. The van der Waals surface area contributed by atoms with E-state index in [1.165, 1.54) is 19.4 Å². The number of piperidine rings is 1. The second kappa shape index (κ2) is 6.17. The van der Waals surface area contributed by atoms with Gasteiger partial charge in [-0.15, -0.1) is 0 Å². The molecule has 1 aliphatic heterocycles. The van der Waals surface area contributed by atoms with Gasteiger partial charge in [0.2, 0.25) is 0 Å². The number of nitrogens with zero attached hydrogens (tertiary/aromatic N) is 3. The number of aromatic nitrogens is 1. The van der Waals surface area contributed by atoms with Crippen LogP contribution in [0.5, 0.6) is 0 Å². The molecule has 0 amide bonds. The van der Waals surface area contributed by atoms with E-state index in [4.69, 9.17) is 4.74 Å². The summed E-state index contributed by atoms with van der Waals surface area (Å²) in [5.41, 5.74) is -0.0509. The van der Waals surface area contributed by atoms with Gasteiger partial charge in [-0.25, -0.2) is 4.98 Å². The van der Waals surface area contributed by atoms with Crippen LogP contribution in [0.25, 0.3) is 0 Å². The van der Waals surface area contributed by atoms with Crippen molar-refractivity contribution in [2.45, 2.75) is 12.8 Å². The minimum Gasteiger partial charge on any atom is -0.469 e.